The van der Waals surface area contributed by atoms with Crippen LogP contribution in [-0.2, 0) is 10.4 Å². The first-order valence-electron chi connectivity index (χ1n) is 7.54. The number of carboxylic acid groups (broad SMARTS) is 1. The Morgan fingerprint density at radius 1 is 1.18 bits per heavy atom. The summed E-state index contributed by atoms with van der Waals surface area (Å²) in [5.41, 5.74) is 0.0120. The first-order valence-corrected chi connectivity index (χ1v) is 7.54. The lowest BCUT2D eigenvalue weighted by molar-refractivity contribution is -0.137. The molecule has 1 aromatic carbocycles. The Bertz CT molecular complexity index is 510. The molecule has 1 fully saturated rings. The van der Waals surface area contributed by atoms with Gasteiger partial charge in [-0.15, -0.1) is 0 Å². The molecule has 0 radical (unpaired) electrons. The third-order valence-electron chi connectivity index (χ3n) is 4.03. The van der Waals surface area contributed by atoms with Crippen LogP contribution in [0.1, 0.15) is 31.2 Å². The van der Waals surface area contributed by atoms with E-state index >= 15 is 0 Å². The van der Waals surface area contributed by atoms with Gasteiger partial charge in [0.25, 0.3) is 0 Å². The third-order valence-corrected chi connectivity index (χ3v) is 4.03. The van der Waals surface area contributed by atoms with Crippen LogP contribution in [0.3, 0.4) is 0 Å². The molecular formula is C16H22N2O4. The number of amides is 2. The van der Waals surface area contributed by atoms with E-state index in [-0.39, 0.29) is 12.5 Å². The number of hydrogen-bond acceptors (Lipinski definition) is 3. The zero-order valence-electron chi connectivity index (χ0n) is 12.5. The second kappa shape index (κ2) is 7.26. The van der Waals surface area contributed by atoms with Gasteiger partial charge in [-0.3, -0.25) is 4.79 Å². The Morgan fingerprint density at radius 2 is 1.82 bits per heavy atom. The van der Waals surface area contributed by atoms with Crippen molar-refractivity contribution in [1.82, 2.24) is 10.2 Å². The molecule has 22 heavy (non-hydrogen) atoms. The van der Waals surface area contributed by atoms with Gasteiger partial charge in [0.1, 0.15) is 0 Å². The molecule has 0 spiro atoms. The third kappa shape index (κ3) is 4.21. The smallest absolute Gasteiger partial charge is 0.317 e. The Balaban J connectivity index is 1.79. The Labute approximate surface area is 129 Å². The monoisotopic (exact) mass is 306 g/mol. The molecule has 2 rings (SSSR count). The van der Waals surface area contributed by atoms with E-state index in [4.69, 9.17) is 5.11 Å². The van der Waals surface area contributed by atoms with Crippen LogP contribution < -0.4 is 5.32 Å². The second-order valence-corrected chi connectivity index (χ2v) is 5.61. The van der Waals surface area contributed by atoms with Gasteiger partial charge in [-0.05, 0) is 24.8 Å². The van der Waals surface area contributed by atoms with Crippen molar-refractivity contribution in [3.05, 3.63) is 35.9 Å². The van der Waals surface area contributed by atoms with Crippen molar-refractivity contribution in [3.8, 4) is 0 Å². The number of aliphatic carboxylic acids is 1. The average molecular weight is 306 g/mol. The second-order valence-electron chi connectivity index (χ2n) is 5.61. The fraction of sp³-hybridized carbons (Fsp3) is 0.500. The summed E-state index contributed by atoms with van der Waals surface area (Å²) in [6.45, 7) is 1.32. The maximum Gasteiger partial charge on any atom is 0.317 e. The summed E-state index contributed by atoms with van der Waals surface area (Å²) in [7, 11) is 0. The van der Waals surface area contributed by atoms with Crippen molar-refractivity contribution >= 4 is 12.0 Å². The number of aliphatic hydroxyl groups is 1. The number of hydrogen-bond donors (Lipinski definition) is 3. The van der Waals surface area contributed by atoms with Crippen LogP contribution in [0.4, 0.5) is 4.79 Å². The van der Waals surface area contributed by atoms with E-state index in [1.807, 2.05) is 30.3 Å². The molecule has 0 saturated carbocycles. The van der Waals surface area contributed by atoms with Gasteiger partial charge in [0.15, 0.2) is 0 Å². The van der Waals surface area contributed by atoms with Crippen molar-refractivity contribution in [2.24, 2.45) is 0 Å². The van der Waals surface area contributed by atoms with Crippen LogP contribution in [0.15, 0.2) is 30.3 Å². The number of likely N-dealkylation sites (tertiary alicyclic amines) is 1. The molecule has 1 saturated heterocycles. The summed E-state index contributed by atoms with van der Waals surface area (Å²) in [4.78, 5) is 24.0. The highest BCUT2D eigenvalue weighted by atomic mass is 16.4. The van der Waals surface area contributed by atoms with Gasteiger partial charge < -0.3 is 20.4 Å². The van der Waals surface area contributed by atoms with Crippen LogP contribution >= 0.6 is 0 Å². The highest BCUT2D eigenvalue weighted by Crippen LogP contribution is 2.32. The van der Waals surface area contributed by atoms with E-state index in [0.717, 1.165) is 5.56 Å². The maximum absolute atomic E-state index is 12.0. The number of urea groups is 1. The summed E-state index contributed by atoms with van der Waals surface area (Å²) in [5, 5.41) is 22.0. The summed E-state index contributed by atoms with van der Waals surface area (Å²) in [5.74, 6) is -0.861. The van der Waals surface area contributed by atoms with Crippen LogP contribution in [0.5, 0.6) is 0 Å². The predicted octanol–water partition coefficient (Wildman–Crippen LogP) is 1.54. The number of carboxylic acids is 1. The fourth-order valence-electron chi connectivity index (χ4n) is 2.66. The highest BCUT2D eigenvalue weighted by Gasteiger charge is 2.35. The summed E-state index contributed by atoms with van der Waals surface area (Å²) < 4.78 is 0. The Hall–Kier alpha value is -2.08. The molecule has 1 aliphatic rings. The maximum atomic E-state index is 12.0. The Morgan fingerprint density at radius 3 is 2.41 bits per heavy atom. The minimum atomic E-state index is -0.874. The summed E-state index contributed by atoms with van der Waals surface area (Å²) in [6, 6.07) is 9.32. The van der Waals surface area contributed by atoms with E-state index in [2.05, 4.69) is 5.32 Å². The van der Waals surface area contributed by atoms with E-state index in [0.29, 0.717) is 38.9 Å². The van der Waals surface area contributed by atoms with Crippen molar-refractivity contribution in [2.75, 3.05) is 19.6 Å². The van der Waals surface area contributed by atoms with Crippen molar-refractivity contribution in [3.63, 3.8) is 0 Å². The first kappa shape index (κ1) is 16.3. The predicted molar refractivity (Wildman–Crippen MR) is 81.4 cm³/mol. The molecule has 120 valence electrons. The lowest BCUT2D eigenvalue weighted by Gasteiger charge is -2.38. The number of nitrogens with one attached hydrogen (secondary N) is 1. The number of nitrogens with zero attached hydrogens (tertiary/aromatic N) is 1. The molecule has 1 aliphatic heterocycles. The summed E-state index contributed by atoms with van der Waals surface area (Å²) >= 11 is 0. The lowest BCUT2D eigenvalue weighted by Crippen LogP contribution is -2.48. The molecular weight excluding hydrogens is 284 g/mol. The van der Waals surface area contributed by atoms with Gasteiger partial charge in [0.2, 0.25) is 0 Å². The van der Waals surface area contributed by atoms with Crippen LogP contribution in [0, 0.1) is 0 Å². The molecule has 0 bridgehead atoms. The van der Waals surface area contributed by atoms with Gasteiger partial charge in [0.05, 0.1) is 5.60 Å². The SMILES string of the molecule is O=C(O)CCCNC(=O)N1CCC(O)(c2ccccc2)CC1. The van der Waals surface area contributed by atoms with Crippen LogP contribution in [0.25, 0.3) is 0 Å². The number of benzene rings is 1. The van der Waals surface area contributed by atoms with E-state index < -0.39 is 11.6 Å². The zero-order chi connectivity index (χ0) is 16.0. The molecule has 0 unspecified atom stereocenters. The van der Waals surface area contributed by atoms with Gasteiger partial charge in [-0.25, -0.2) is 4.79 Å². The lowest BCUT2D eigenvalue weighted by atomic mass is 9.84. The molecule has 0 atom stereocenters. The quantitative estimate of drug-likeness (QED) is 0.720. The average Bonchev–Trinajstić information content (AvgIpc) is 2.53. The van der Waals surface area contributed by atoms with Crippen molar-refractivity contribution in [1.29, 1.82) is 0 Å². The topological polar surface area (TPSA) is 89.9 Å². The van der Waals surface area contributed by atoms with E-state index in [1.54, 1.807) is 4.90 Å². The van der Waals surface area contributed by atoms with Crippen LogP contribution in [-0.4, -0.2) is 46.7 Å². The van der Waals surface area contributed by atoms with Gasteiger partial charge in [-0.2, -0.15) is 0 Å². The fourth-order valence-corrected chi connectivity index (χ4v) is 2.66. The molecule has 2 amide bonds. The first-order chi connectivity index (χ1) is 10.5. The number of piperidine rings is 1. The molecule has 1 heterocycles. The molecule has 6 nitrogen and oxygen atoms in total. The standard InChI is InChI=1S/C16H22N2O4/c19-14(20)7-4-10-17-15(21)18-11-8-16(22,9-12-18)13-5-2-1-3-6-13/h1-3,5-6,22H,4,7-12H2,(H,17,21)(H,19,20). The minimum Gasteiger partial charge on any atom is -0.481 e. The molecule has 6 heteroatoms. The van der Waals surface area contributed by atoms with Gasteiger partial charge in [0, 0.05) is 26.1 Å². The van der Waals surface area contributed by atoms with Gasteiger partial charge in [-0.1, -0.05) is 30.3 Å². The number of rotatable bonds is 5. The van der Waals surface area contributed by atoms with E-state index in [1.165, 1.54) is 0 Å². The van der Waals surface area contributed by atoms with Crippen molar-refractivity contribution < 1.29 is 19.8 Å². The summed E-state index contributed by atoms with van der Waals surface area (Å²) in [6.07, 6.45) is 1.47. The minimum absolute atomic E-state index is 0.0496. The largest absolute Gasteiger partial charge is 0.481 e. The number of carbonyl (C=O) groups is 2. The number of carbonyl (C=O) groups excluding carboxylic acids is 1. The zero-order valence-corrected chi connectivity index (χ0v) is 12.5. The molecule has 0 aliphatic carbocycles. The normalized spacial score (nSPS) is 17.0. The Kier molecular flexibility index (Phi) is 5.38. The van der Waals surface area contributed by atoms with Gasteiger partial charge >= 0.3 is 12.0 Å². The van der Waals surface area contributed by atoms with Crippen LogP contribution in [0.2, 0.25) is 0 Å². The van der Waals surface area contributed by atoms with Crippen molar-refractivity contribution in [2.45, 2.75) is 31.3 Å². The highest BCUT2D eigenvalue weighted by molar-refractivity contribution is 5.74. The molecule has 0 aromatic heterocycles. The molecule has 3 N–H and O–H groups in total. The molecule has 1 aromatic rings. The van der Waals surface area contributed by atoms with E-state index in [9.17, 15) is 14.7 Å².